The maximum atomic E-state index is 12.9. The van der Waals surface area contributed by atoms with Crippen molar-refractivity contribution in [2.75, 3.05) is 26.7 Å². The topological polar surface area (TPSA) is 81.2 Å². The van der Waals surface area contributed by atoms with Crippen LogP contribution in [0.5, 0.6) is 17.4 Å². The first-order valence-corrected chi connectivity index (χ1v) is 13.2. The van der Waals surface area contributed by atoms with Crippen LogP contribution in [-0.2, 0) is 16.6 Å². The number of ether oxygens (including phenoxy) is 3. The average molecular weight is 504 g/mol. The van der Waals surface area contributed by atoms with Gasteiger partial charge >= 0.3 is 5.97 Å². The summed E-state index contributed by atoms with van der Waals surface area (Å²) < 4.78 is 18.8. The highest BCUT2D eigenvalue weighted by Gasteiger charge is 2.65. The number of aromatic nitrogens is 1. The molecule has 2 aliphatic heterocycles. The molecule has 8 heteroatoms. The summed E-state index contributed by atoms with van der Waals surface area (Å²) in [6.45, 7) is 7.51. The van der Waals surface area contributed by atoms with Gasteiger partial charge in [-0.2, -0.15) is 0 Å². The maximum Gasteiger partial charge on any atom is 0.308 e. The van der Waals surface area contributed by atoms with Crippen molar-refractivity contribution in [3.63, 3.8) is 0 Å². The van der Waals surface area contributed by atoms with Gasteiger partial charge in [0.2, 0.25) is 5.88 Å². The smallest absolute Gasteiger partial charge is 0.308 e. The van der Waals surface area contributed by atoms with Gasteiger partial charge in [0.15, 0.2) is 17.6 Å². The standard InChI is InChI=1S/C29H33N3O5/c1-5-32(6-2)28(34)20-8-7-9-24(30-20)36-23-13-11-19-21-16-18-10-12-22(35-17(3)33)26-25(18)29(19,27(23)37-26)14-15-31(21)4/h7-13,19,21,23,27H,5-6,14-16H2,1-4H3/t19-,21+,23-,27-,29-/m0/s1. The molecule has 1 aromatic carbocycles. The average Bonchev–Trinajstić information content (AvgIpc) is 3.24. The zero-order valence-corrected chi connectivity index (χ0v) is 21.8. The summed E-state index contributed by atoms with van der Waals surface area (Å²) in [6.07, 6.45) is 5.50. The molecule has 1 fully saturated rings. The van der Waals surface area contributed by atoms with Crippen LogP contribution in [0.1, 0.15) is 48.8 Å². The SMILES string of the molecule is CCN(CC)C(=O)c1cccc(O[C@H]2C=C[C@H]3[C@H]4Cc5ccc(OC(C)=O)c6c5[C@@]3(CCN4C)[C@H]2O6)n1. The number of likely N-dealkylation sites (tertiary alicyclic amines) is 1. The summed E-state index contributed by atoms with van der Waals surface area (Å²) >= 11 is 0. The molecule has 2 aromatic rings. The van der Waals surface area contributed by atoms with Crippen molar-refractivity contribution in [1.29, 1.82) is 0 Å². The number of esters is 1. The predicted molar refractivity (Wildman–Crippen MR) is 137 cm³/mol. The summed E-state index contributed by atoms with van der Waals surface area (Å²) in [4.78, 5) is 33.5. The second-order valence-electron chi connectivity index (χ2n) is 10.4. The first-order chi connectivity index (χ1) is 17.9. The lowest BCUT2D eigenvalue weighted by Crippen LogP contribution is -2.65. The fourth-order valence-electron chi connectivity index (χ4n) is 6.96. The first kappa shape index (κ1) is 24.0. The van der Waals surface area contributed by atoms with Crippen molar-refractivity contribution >= 4 is 11.9 Å². The third-order valence-electron chi connectivity index (χ3n) is 8.62. The lowest BCUT2D eigenvalue weighted by atomic mass is 9.53. The monoisotopic (exact) mass is 503 g/mol. The Morgan fingerprint density at radius 2 is 2.00 bits per heavy atom. The van der Waals surface area contributed by atoms with E-state index in [4.69, 9.17) is 14.2 Å². The van der Waals surface area contributed by atoms with E-state index in [-0.39, 0.29) is 29.3 Å². The Labute approximate surface area is 217 Å². The molecule has 3 heterocycles. The normalized spacial score (nSPS) is 28.8. The zero-order chi connectivity index (χ0) is 25.9. The number of pyridine rings is 1. The van der Waals surface area contributed by atoms with Crippen LogP contribution < -0.4 is 14.2 Å². The Hall–Kier alpha value is -3.39. The van der Waals surface area contributed by atoms with Crippen molar-refractivity contribution in [1.82, 2.24) is 14.8 Å². The van der Waals surface area contributed by atoms with Gasteiger partial charge in [0.1, 0.15) is 11.8 Å². The Kier molecular flexibility index (Phi) is 5.75. The molecule has 0 N–H and O–H groups in total. The summed E-state index contributed by atoms with van der Waals surface area (Å²) in [5, 5.41) is 0. The second-order valence-corrected chi connectivity index (χ2v) is 10.4. The van der Waals surface area contributed by atoms with Crippen LogP contribution in [0.3, 0.4) is 0 Å². The lowest BCUT2D eigenvalue weighted by molar-refractivity contribution is -0.132. The first-order valence-electron chi connectivity index (χ1n) is 13.2. The molecule has 8 nitrogen and oxygen atoms in total. The van der Waals surface area contributed by atoms with E-state index in [0.717, 1.165) is 19.4 Å². The van der Waals surface area contributed by atoms with E-state index in [1.54, 1.807) is 23.1 Å². The number of piperidine rings is 1. The molecule has 0 unspecified atom stereocenters. The molecule has 0 saturated carbocycles. The molecule has 2 bridgehead atoms. The van der Waals surface area contributed by atoms with Crippen molar-refractivity contribution in [2.45, 2.75) is 57.3 Å². The predicted octanol–water partition coefficient (Wildman–Crippen LogP) is 3.38. The van der Waals surface area contributed by atoms with E-state index < -0.39 is 6.10 Å². The highest BCUT2D eigenvalue weighted by atomic mass is 16.6. The third kappa shape index (κ3) is 3.56. The number of carbonyl (C=O) groups is 2. The minimum atomic E-state index is -0.407. The van der Waals surface area contributed by atoms with Crippen molar-refractivity contribution < 1.29 is 23.8 Å². The Morgan fingerprint density at radius 3 is 2.76 bits per heavy atom. The van der Waals surface area contributed by atoms with E-state index in [1.807, 2.05) is 19.9 Å². The van der Waals surface area contributed by atoms with E-state index in [9.17, 15) is 9.59 Å². The van der Waals surface area contributed by atoms with Gasteiger partial charge in [0.25, 0.3) is 5.91 Å². The largest absolute Gasteiger partial charge is 0.481 e. The van der Waals surface area contributed by atoms with E-state index in [0.29, 0.717) is 42.2 Å². The number of hydrogen-bond acceptors (Lipinski definition) is 7. The molecule has 5 atom stereocenters. The van der Waals surface area contributed by atoms with Crippen LogP contribution in [0.2, 0.25) is 0 Å². The number of nitrogens with zero attached hydrogens (tertiary/aromatic N) is 3. The number of hydrogen-bond donors (Lipinski definition) is 0. The van der Waals surface area contributed by atoms with Crippen LogP contribution in [0, 0.1) is 5.92 Å². The van der Waals surface area contributed by atoms with Crippen molar-refractivity contribution in [2.24, 2.45) is 5.92 Å². The van der Waals surface area contributed by atoms with Crippen LogP contribution in [0.25, 0.3) is 0 Å². The third-order valence-corrected chi connectivity index (χ3v) is 8.62. The van der Waals surface area contributed by atoms with Crippen LogP contribution >= 0.6 is 0 Å². The van der Waals surface area contributed by atoms with Gasteiger partial charge in [-0.15, -0.1) is 0 Å². The van der Waals surface area contributed by atoms with Gasteiger partial charge in [0, 0.05) is 49.0 Å². The molecule has 6 rings (SSSR count). The molecule has 4 aliphatic rings. The molecular weight excluding hydrogens is 470 g/mol. The number of rotatable bonds is 6. The minimum absolute atomic E-state index is 0.112. The number of amides is 1. The summed E-state index contributed by atoms with van der Waals surface area (Å²) in [5.41, 5.74) is 2.51. The molecule has 1 amide bonds. The molecule has 37 heavy (non-hydrogen) atoms. The fraction of sp³-hybridized carbons (Fsp3) is 0.483. The number of benzene rings is 1. The lowest BCUT2D eigenvalue weighted by Gasteiger charge is -2.56. The zero-order valence-electron chi connectivity index (χ0n) is 21.8. The van der Waals surface area contributed by atoms with Gasteiger partial charge in [-0.05, 0) is 64.1 Å². The molecule has 1 saturated heterocycles. The highest BCUT2D eigenvalue weighted by molar-refractivity contribution is 5.92. The molecule has 2 aliphatic carbocycles. The van der Waals surface area contributed by atoms with Gasteiger partial charge in [-0.3, -0.25) is 9.59 Å². The quantitative estimate of drug-likeness (QED) is 0.340. The van der Waals surface area contributed by atoms with Gasteiger partial charge in [0.05, 0.1) is 0 Å². The fourth-order valence-corrected chi connectivity index (χ4v) is 6.96. The summed E-state index contributed by atoms with van der Waals surface area (Å²) in [7, 11) is 2.19. The molecule has 1 spiro atoms. The number of carbonyl (C=O) groups excluding carboxylic acids is 2. The van der Waals surface area contributed by atoms with Crippen molar-refractivity contribution in [3.8, 4) is 17.4 Å². The van der Waals surface area contributed by atoms with Crippen molar-refractivity contribution in [3.05, 3.63) is 59.3 Å². The maximum absolute atomic E-state index is 12.9. The number of likely N-dealkylation sites (N-methyl/N-ethyl adjacent to an activating group) is 1. The Bertz CT molecular complexity index is 1290. The van der Waals surface area contributed by atoms with Crippen LogP contribution in [-0.4, -0.2) is 71.6 Å². The van der Waals surface area contributed by atoms with Gasteiger partial charge in [-0.1, -0.05) is 18.2 Å². The van der Waals surface area contributed by atoms with E-state index in [1.165, 1.54) is 18.1 Å². The second kappa shape index (κ2) is 8.87. The molecule has 1 aromatic heterocycles. The summed E-state index contributed by atoms with van der Waals surface area (Å²) in [5.74, 6) is 1.31. The minimum Gasteiger partial charge on any atom is -0.481 e. The van der Waals surface area contributed by atoms with Crippen LogP contribution in [0.4, 0.5) is 0 Å². The van der Waals surface area contributed by atoms with Gasteiger partial charge < -0.3 is 24.0 Å². The van der Waals surface area contributed by atoms with E-state index in [2.05, 4.69) is 35.1 Å². The van der Waals surface area contributed by atoms with Crippen LogP contribution in [0.15, 0.2) is 42.5 Å². The van der Waals surface area contributed by atoms with E-state index >= 15 is 0 Å². The van der Waals surface area contributed by atoms with Gasteiger partial charge in [-0.25, -0.2) is 4.98 Å². The molecule has 194 valence electrons. The molecular formula is C29H33N3O5. The highest BCUT2D eigenvalue weighted by Crippen LogP contribution is 2.62. The Morgan fingerprint density at radius 1 is 1.19 bits per heavy atom. The summed E-state index contributed by atoms with van der Waals surface area (Å²) in [6, 6.07) is 9.62. The molecule has 0 radical (unpaired) electrons. The Balaban J connectivity index is 1.39.